The van der Waals surface area contributed by atoms with Crippen LogP contribution in [0.4, 0.5) is 5.69 Å². The number of amides is 1. The van der Waals surface area contributed by atoms with E-state index in [0.717, 1.165) is 14.8 Å². The fourth-order valence-electron chi connectivity index (χ4n) is 2.90. The standard InChI is InChI=1S/C21H28N2O5S2/c1-7-30(25,26)23(3)18-13-20(28-5)19(27-4)12-17(18)21(24)22-14(2)15-8-10-16(29-6)11-9-15/h8-14H,7H2,1-6H3,(H,22,24)/t14-/m0/s1. The molecule has 164 valence electrons. The molecule has 1 amide bonds. The Labute approximate surface area is 182 Å². The van der Waals surface area contributed by atoms with Crippen molar-refractivity contribution in [1.82, 2.24) is 5.32 Å². The van der Waals surface area contributed by atoms with Crippen molar-refractivity contribution in [3.63, 3.8) is 0 Å². The molecule has 0 unspecified atom stereocenters. The molecule has 9 heteroatoms. The monoisotopic (exact) mass is 452 g/mol. The molecule has 0 fully saturated rings. The van der Waals surface area contributed by atoms with Crippen LogP contribution in [0, 0.1) is 0 Å². The van der Waals surface area contributed by atoms with Crippen LogP contribution < -0.4 is 19.1 Å². The van der Waals surface area contributed by atoms with Crippen LogP contribution in [0.15, 0.2) is 41.3 Å². The number of ether oxygens (including phenoxy) is 2. The summed E-state index contributed by atoms with van der Waals surface area (Å²) in [5, 5.41) is 2.94. The van der Waals surface area contributed by atoms with Gasteiger partial charge in [-0.25, -0.2) is 8.42 Å². The van der Waals surface area contributed by atoms with Crippen molar-refractivity contribution in [3.8, 4) is 11.5 Å². The maximum atomic E-state index is 13.1. The number of sulfonamides is 1. The fourth-order valence-corrected chi connectivity index (χ4v) is 4.15. The maximum absolute atomic E-state index is 13.1. The zero-order valence-corrected chi connectivity index (χ0v) is 19.7. The number of nitrogens with one attached hydrogen (secondary N) is 1. The minimum absolute atomic E-state index is 0.100. The molecule has 0 aromatic heterocycles. The number of hydrogen-bond acceptors (Lipinski definition) is 6. The van der Waals surface area contributed by atoms with Gasteiger partial charge < -0.3 is 14.8 Å². The van der Waals surface area contributed by atoms with E-state index in [9.17, 15) is 13.2 Å². The molecule has 1 N–H and O–H groups in total. The van der Waals surface area contributed by atoms with Gasteiger partial charge in [0, 0.05) is 18.0 Å². The second-order valence-electron chi connectivity index (χ2n) is 6.56. The van der Waals surface area contributed by atoms with Crippen molar-refractivity contribution in [1.29, 1.82) is 0 Å². The van der Waals surface area contributed by atoms with Crippen molar-refractivity contribution < 1.29 is 22.7 Å². The molecule has 0 heterocycles. The predicted molar refractivity (Wildman–Crippen MR) is 122 cm³/mol. The summed E-state index contributed by atoms with van der Waals surface area (Å²) in [4.78, 5) is 14.3. The van der Waals surface area contributed by atoms with E-state index in [1.54, 1.807) is 18.7 Å². The topological polar surface area (TPSA) is 84.9 Å². The van der Waals surface area contributed by atoms with E-state index in [-0.39, 0.29) is 23.0 Å². The van der Waals surface area contributed by atoms with Crippen LogP contribution in [0.5, 0.6) is 11.5 Å². The van der Waals surface area contributed by atoms with Gasteiger partial charge in [0.05, 0.1) is 37.3 Å². The van der Waals surface area contributed by atoms with Gasteiger partial charge in [0.15, 0.2) is 11.5 Å². The van der Waals surface area contributed by atoms with E-state index in [1.165, 1.54) is 33.4 Å². The number of anilines is 1. The van der Waals surface area contributed by atoms with Crippen LogP contribution in [-0.2, 0) is 10.0 Å². The first-order valence-corrected chi connectivity index (χ1v) is 12.2. The Hall–Kier alpha value is -2.39. The second kappa shape index (κ2) is 10.1. The van der Waals surface area contributed by atoms with Gasteiger partial charge in [-0.15, -0.1) is 11.8 Å². The van der Waals surface area contributed by atoms with Gasteiger partial charge in [0.2, 0.25) is 10.0 Å². The van der Waals surface area contributed by atoms with E-state index < -0.39 is 15.9 Å². The summed E-state index contributed by atoms with van der Waals surface area (Å²) in [7, 11) is 0.747. The van der Waals surface area contributed by atoms with Gasteiger partial charge in [-0.1, -0.05) is 12.1 Å². The van der Waals surface area contributed by atoms with E-state index >= 15 is 0 Å². The van der Waals surface area contributed by atoms with Gasteiger partial charge >= 0.3 is 0 Å². The zero-order chi connectivity index (χ0) is 22.5. The normalized spacial score (nSPS) is 12.2. The molecule has 0 aliphatic heterocycles. The molecule has 2 rings (SSSR count). The van der Waals surface area contributed by atoms with Crippen molar-refractivity contribution in [2.24, 2.45) is 0 Å². The van der Waals surface area contributed by atoms with Crippen LogP contribution in [0.25, 0.3) is 0 Å². The lowest BCUT2D eigenvalue weighted by Gasteiger charge is -2.24. The number of carbonyl (C=O) groups excluding carboxylic acids is 1. The third-order valence-electron chi connectivity index (χ3n) is 4.83. The smallest absolute Gasteiger partial charge is 0.254 e. The number of hydrogen-bond donors (Lipinski definition) is 1. The van der Waals surface area contributed by atoms with Crippen LogP contribution >= 0.6 is 11.8 Å². The lowest BCUT2D eigenvalue weighted by molar-refractivity contribution is 0.0940. The molecular formula is C21H28N2O5S2. The Morgan fingerprint density at radius 1 is 1.13 bits per heavy atom. The number of methoxy groups -OCH3 is 2. The molecule has 0 radical (unpaired) electrons. The van der Waals surface area contributed by atoms with E-state index in [4.69, 9.17) is 9.47 Å². The molecule has 7 nitrogen and oxygen atoms in total. The Kier molecular flexibility index (Phi) is 8.03. The minimum Gasteiger partial charge on any atom is -0.493 e. The third-order valence-corrected chi connectivity index (χ3v) is 7.34. The Bertz CT molecular complexity index is 991. The molecule has 0 aliphatic rings. The van der Waals surface area contributed by atoms with Crippen molar-refractivity contribution >= 4 is 33.4 Å². The highest BCUT2D eigenvalue weighted by atomic mass is 32.2. The highest BCUT2D eigenvalue weighted by Gasteiger charge is 2.25. The molecule has 0 aliphatic carbocycles. The zero-order valence-electron chi connectivity index (χ0n) is 18.1. The quantitative estimate of drug-likeness (QED) is 0.584. The first-order valence-electron chi connectivity index (χ1n) is 9.35. The molecule has 2 aromatic rings. The Morgan fingerprint density at radius 3 is 2.20 bits per heavy atom. The summed E-state index contributed by atoms with van der Waals surface area (Å²) in [6.45, 7) is 3.42. The molecule has 0 bridgehead atoms. The average molecular weight is 453 g/mol. The van der Waals surface area contributed by atoms with E-state index in [2.05, 4.69) is 5.32 Å². The molecule has 1 atom stereocenters. The van der Waals surface area contributed by atoms with Gasteiger partial charge in [0.25, 0.3) is 5.91 Å². The van der Waals surface area contributed by atoms with Crippen molar-refractivity contribution in [3.05, 3.63) is 47.5 Å². The highest BCUT2D eigenvalue weighted by molar-refractivity contribution is 7.98. The summed E-state index contributed by atoms with van der Waals surface area (Å²) >= 11 is 1.64. The summed E-state index contributed by atoms with van der Waals surface area (Å²) in [6, 6.07) is 10.6. The lowest BCUT2D eigenvalue weighted by Crippen LogP contribution is -2.32. The Morgan fingerprint density at radius 2 is 1.70 bits per heavy atom. The number of carbonyl (C=O) groups is 1. The highest BCUT2D eigenvalue weighted by Crippen LogP contribution is 2.36. The fraction of sp³-hybridized carbons (Fsp3) is 0.381. The summed E-state index contributed by atoms with van der Waals surface area (Å²) in [6.07, 6.45) is 2.00. The molecule has 0 saturated carbocycles. The van der Waals surface area contributed by atoms with Crippen molar-refractivity contribution in [2.75, 3.05) is 37.6 Å². The maximum Gasteiger partial charge on any atom is 0.254 e. The van der Waals surface area contributed by atoms with Gasteiger partial charge in [0.1, 0.15) is 0 Å². The van der Waals surface area contributed by atoms with Gasteiger partial charge in [-0.2, -0.15) is 0 Å². The molecular weight excluding hydrogens is 424 g/mol. The molecule has 0 saturated heterocycles. The molecule has 0 spiro atoms. The Balaban J connectivity index is 2.45. The van der Waals surface area contributed by atoms with Crippen LogP contribution in [0.2, 0.25) is 0 Å². The largest absolute Gasteiger partial charge is 0.493 e. The van der Waals surface area contributed by atoms with E-state index in [1.807, 2.05) is 37.4 Å². The minimum atomic E-state index is -3.59. The molecule has 2 aromatic carbocycles. The first-order chi connectivity index (χ1) is 14.2. The van der Waals surface area contributed by atoms with Crippen molar-refractivity contribution in [2.45, 2.75) is 24.8 Å². The van der Waals surface area contributed by atoms with E-state index in [0.29, 0.717) is 11.5 Å². The van der Waals surface area contributed by atoms with Crippen LogP contribution in [-0.4, -0.2) is 47.6 Å². The SMILES string of the molecule is CCS(=O)(=O)N(C)c1cc(OC)c(OC)cc1C(=O)N[C@@H](C)c1ccc(SC)cc1. The second-order valence-corrected chi connectivity index (χ2v) is 9.73. The van der Waals surface area contributed by atoms with Gasteiger partial charge in [-0.3, -0.25) is 9.10 Å². The van der Waals surface area contributed by atoms with Crippen LogP contribution in [0.1, 0.15) is 35.8 Å². The number of nitrogens with zero attached hydrogens (tertiary/aromatic N) is 1. The first kappa shape index (κ1) is 23.9. The van der Waals surface area contributed by atoms with Crippen LogP contribution in [0.3, 0.4) is 0 Å². The third kappa shape index (κ3) is 5.20. The lowest BCUT2D eigenvalue weighted by atomic mass is 10.1. The summed E-state index contributed by atoms with van der Waals surface area (Å²) in [5.41, 5.74) is 1.34. The average Bonchev–Trinajstić information content (AvgIpc) is 2.77. The molecule has 30 heavy (non-hydrogen) atoms. The number of thioether (sulfide) groups is 1. The van der Waals surface area contributed by atoms with Gasteiger partial charge in [-0.05, 0) is 43.9 Å². The summed E-state index contributed by atoms with van der Waals surface area (Å²) < 4.78 is 36.6. The summed E-state index contributed by atoms with van der Waals surface area (Å²) in [5.74, 6) is 0.163. The number of rotatable bonds is 9. The predicted octanol–water partition coefficient (Wildman–Crippen LogP) is 3.70. The number of benzene rings is 2.